The fourth-order valence-corrected chi connectivity index (χ4v) is 2.04. The predicted molar refractivity (Wildman–Crippen MR) is 75.3 cm³/mol. The van der Waals surface area contributed by atoms with Crippen molar-refractivity contribution in [2.45, 2.75) is 25.3 Å². The van der Waals surface area contributed by atoms with Gasteiger partial charge in [-0.1, -0.05) is 12.0 Å². The molecule has 0 bridgehead atoms. The molecule has 1 fully saturated rings. The lowest BCUT2D eigenvalue weighted by Crippen LogP contribution is -2.40. The van der Waals surface area contributed by atoms with Gasteiger partial charge in [0.1, 0.15) is 0 Å². The highest BCUT2D eigenvalue weighted by atomic mass is 16.4. The van der Waals surface area contributed by atoms with Gasteiger partial charge in [0.2, 0.25) is 0 Å². The first-order valence-electron chi connectivity index (χ1n) is 6.44. The number of anilines is 1. The van der Waals surface area contributed by atoms with Gasteiger partial charge in [-0.05, 0) is 37.0 Å². The number of nitrogens with one attached hydrogen (secondary N) is 2. The lowest BCUT2D eigenvalue weighted by Gasteiger charge is -2.16. The first-order valence-corrected chi connectivity index (χ1v) is 6.44. The van der Waals surface area contributed by atoms with Crippen LogP contribution in [0.15, 0.2) is 24.3 Å². The van der Waals surface area contributed by atoms with E-state index in [0.29, 0.717) is 11.3 Å². The number of carbonyl (C=O) groups excluding carboxylic acids is 1. The molecule has 20 heavy (non-hydrogen) atoms. The van der Waals surface area contributed by atoms with Crippen molar-refractivity contribution in [1.82, 2.24) is 5.32 Å². The van der Waals surface area contributed by atoms with Crippen LogP contribution in [0.25, 0.3) is 0 Å². The van der Waals surface area contributed by atoms with Gasteiger partial charge in [0, 0.05) is 17.3 Å². The minimum absolute atomic E-state index is 0.0531. The Morgan fingerprint density at radius 1 is 1.45 bits per heavy atom. The van der Waals surface area contributed by atoms with E-state index in [2.05, 4.69) is 16.6 Å². The first kappa shape index (κ1) is 13.9. The second-order valence-corrected chi connectivity index (χ2v) is 4.87. The summed E-state index contributed by atoms with van der Waals surface area (Å²) < 4.78 is 0. The molecule has 1 unspecified atom stereocenters. The normalized spacial score (nSPS) is 14.9. The standard InChI is InChI=1S/C15H16N2O3/c1-2-10-4-3-5-12(8-10)16-15(20)17-13(9-14(18)19)11-6-7-11/h1,3-5,8,11,13H,6-7,9H2,(H,18,19)(H2,16,17,20). The molecule has 3 N–H and O–H groups in total. The number of aliphatic carboxylic acids is 1. The van der Waals surface area contributed by atoms with Gasteiger partial charge in [-0.25, -0.2) is 4.79 Å². The Labute approximate surface area is 117 Å². The van der Waals surface area contributed by atoms with Gasteiger partial charge < -0.3 is 15.7 Å². The SMILES string of the molecule is C#Cc1cccc(NC(=O)NC(CC(=O)O)C2CC2)c1. The van der Waals surface area contributed by atoms with Crippen molar-refractivity contribution >= 4 is 17.7 Å². The van der Waals surface area contributed by atoms with E-state index in [9.17, 15) is 9.59 Å². The largest absolute Gasteiger partial charge is 0.481 e. The van der Waals surface area contributed by atoms with Gasteiger partial charge in [-0.3, -0.25) is 4.79 Å². The first-order chi connectivity index (χ1) is 9.58. The minimum Gasteiger partial charge on any atom is -0.481 e. The zero-order chi connectivity index (χ0) is 14.5. The molecule has 1 aliphatic rings. The highest BCUT2D eigenvalue weighted by molar-refractivity contribution is 5.90. The molecule has 1 atom stereocenters. The lowest BCUT2D eigenvalue weighted by molar-refractivity contribution is -0.137. The number of benzene rings is 1. The van der Waals surface area contributed by atoms with Gasteiger partial charge in [0.25, 0.3) is 0 Å². The molecule has 5 nitrogen and oxygen atoms in total. The van der Waals surface area contributed by atoms with Crippen LogP contribution in [-0.2, 0) is 4.79 Å². The number of amides is 2. The Kier molecular flexibility index (Phi) is 4.26. The molecule has 2 rings (SSSR count). The molecule has 104 valence electrons. The molecule has 0 saturated heterocycles. The summed E-state index contributed by atoms with van der Waals surface area (Å²) in [6, 6.07) is 6.20. The van der Waals surface area contributed by atoms with Crippen molar-refractivity contribution in [3.05, 3.63) is 29.8 Å². The summed E-state index contributed by atoms with van der Waals surface area (Å²) in [5.41, 5.74) is 1.26. The van der Waals surface area contributed by atoms with Crippen molar-refractivity contribution < 1.29 is 14.7 Å². The summed E-state index contributed by atoms with van der Waals surface area (Å²) in [4.78, 5) is 22.6. The van der Waals surface area contributed by atoms with Crippen LogP contribution < -0.4 is 10.6 Å². The maximum Gasteiger partial charge on any atom is 0.319 e. The lowest BCUT2D eigenvalue weighted by atomic mass is 10.1. The summed E-state index contributed by atoms with van der Waals surface area (Å²) in [5, 5.41) is 14.2. The number of rotatable bonds is 5. The Balaban J connectivity index is 1.93. The Bertz CT molecular complexity index is 558. The zero-order valence-electron chi connectivity index (χ0n) is 10.9. The molecule has 0 radical (unpaired) electrons. The molecule has 5 heteroatoms. The summed E-state index contributed by atoms with van der Waals surface area (Å²) in [5.74, 6) is 1.85. The van der Waals surface area contributed by atoms with Crippen molar-refractivity contribution in [1.29, 1.82) is 0 Å². The molecule has 0 aliphatic heterocycles. The van der Waals surface area contributed by atoms with E-state index in [1.54, 1.807) is 24.3 Å². The molecule has 1 aliphatic carbocycles. The van der Waals surface area contributed by atoms with Gasteiger partial charge in [0.15, 0.2) is 0 Å². The smallest absolute Gasteiger partial charge is 0.319 e. The molecular weight excluding hydrogens is 256 g/mol. The number of terminal acetylenes is 1. The maximum atomic E-state index is 11.9. The van der Waals surface area contributed by atoms with Gasteiger partial charge in [0.05, 0.1) is 6.42 Å². The topological polar surface area (TPSA) is 78.4 Å². The van der Waals surface area contributed by atoms with Crippen LogP contribution in [0.5, 0.6) is 0 Å². The van der Waals surface area contributed by atoms with Gasteiger partial charge >= 0.3 is 12.0 Å². The minimum atomic E-state index is -0.906. The second-order valence-electron chi connectivity index (χ2n) is 4.87. The number of carboxylic acids is 1. The molecule has 1 aromatic carbocycles. The van der Waals surface area contributed by atoms with E-state index in [1.807, 2.05) is 0 Å². The molecule has 1 saturated carbocycles. The highest BCUT2D eigenvalue weighted by Crippen LogP contribution is 2.34. The van der Waals surface area contributed by atoms with E-state index >= 15 is 0 Å². The third kappa shape index (κ3) is 4.02. The number of hydrogen-bond acceptors (Lipinski definition) is 2. The zero-order valence-corrected chi connectivity index (χ0v) is 10.9. The van der Waals surface area contributed by atoms with Gasteiger partial charge in [-0.2, -0.15) is 0 Å². The number of carbonyl (C=O) groups is 2. The third-order valence-electron chi connectivity index (χ3n) is 3.19. The number of carboxylic acid groups (broad SMARTS) is 1. The third-order valence-corrected chi connectivity index (χ3v) is 3.19. The Morgan fingerprint density at radius 2 is 2.20 bits per heavy atom. The highest BCUT2D eigenvalue weighted by Gasteiger charge is 2.33. The average molecular weight is 272 g/mol. The number of urea groups is 1. The average Bonchev–Trinajstić information content (AvgIpc) is 3.21. The monoisotopic (exact) mass is 272 g/mol. The van der Waals surface area contributed by atoms with Crippen molar-refractivity contribution in [2.24, 2.45) is 5.92 Å². The van der Waals surface area contributed by atoms with Crippen molar-refractivity contribution in [3.8, 4) is 12.3 Å². The van der Waals surface area contributed by atoms with Crippen LogP contribution in [0.2, 0.25) is 0 Å². The van der Waals surface area contributed by atoms with E-state index in [1.165, 1.54) is 0 Å². The fourth-order valence-electron chi connectivity index (χ4n) is 2.04. The van der Waals surface area contributed by atoms with Crippen LogP contribution in [0.1, 0.15) is 24.8 Å². The van der Waals surface area contributed by atoms with Crippen LogP contribution in [-0.4, -0.2) is 23.1 Å². The van der Waals surface area contributed by atoms with Gasteiger partial charge in [-0.15, -0.1) is 6.42 Å². The van der Waals surface area contributed by atoms with Crippen LogP contribution >= 0.6 is 0 Å². The summed E-state index contributed by atoms with van der Waals surface area (Å²) >= 11 is 0. The van der Waals surface area contributed by atoms with Crippen LogP contribution in [0.3, 0.4) is 0 Å². The molecule has 1 aromatic rings. The summed E-state index contributed by atoms with van der Waals surface area (Å²) in [6.45, 7) is 0. The molecule has 0 aromatic heterocycles. The molecule has 0 spiro atoms. The van der Waals surface area contributed by atoms with E-state index in [0.717, 1.165) is 12.8 Å². The predicted octanol–water partition coefficient (Wildman–Crippen LogP) is 2.04. The van der Waals surface area contributed by atoms with Crippen LogP contribution in [0.4, 0.5) is 10.5 Å². The summed E-state index contributed by atoms with van der Waals surface area (Å²) in [7, 11) is 0. The maximum absolute atomic E-state index is 11.9. The van der Waals surface area contributed by atoms with E-state index < -0.39 is 12.0 Å². The second kappa shape index (κ2) is 6.11. The molecule has 2 amide bonds. The van der Waals surface area contributed by atoms with E-state index in [-0.39, 0.29) is 18.4 Å². The summed E-state index contributed by atoms with van der Waals surface area (Å²) in [6.07, 6.45) is 7.16. The Morgan fingerprint density at radius 3 is 2.80 bits per heavy atom. The van der Waals surface area contributed by atoms with Crippen molar-refractivity contribution in [3.63, 3.8) is 0 Å². The number of hydrogen-bond donors (Lipinski definition) is 3. The molecular formula is C15H16N2O3. The van der Waals surface area contributed by atoms with Crippen molar-refractivity contribution in [2.75, 3.05) is 5.32 Å². The Hall–Kier alpha value is -2.48. The van der Waals surface area contributed by atoms with E-state index in [4.69, 9.17) is 11.5 Å². The quantitative estimate of drug-likeness (QED) is 0.718. The van der Waals surface area contributed by atoms with Crippen LogP contribution in [0, 0.1) is 18.3 Å². The fraction of sp³-hybridized carbons (Fsp3) is 0.333. The molecule has 0 heterocycles.